The van der Waals surface area contributed by atoms with Gasteiger partial charge in [0.05, 0.1) is 5.92 Å². The highest BCUT2D eigenvalue weighted by atomic mass is 35.5. The summed E-state index contributed by atoms with van der Waals surface area (Å²) in [4.78, 5) is 12.5. The monoisotopic (exact) mass is 404 g/mol. The van der Waals surface area contributed by atoms with Gasteiger partial charge in [-0.05, 0) is 49.4 Å². The van der Waals surface area contributed by atoms with E-state index < -0.39 is 30.3 Å². The normalized spacial score (nSPS) is 28.0. The van der Waals surface area contributed by atoms with Gasteiger partial charge in [0.15, 0.2) is 6.61 Å². The van der Waals surface area contributed by atoms with Crippen molar-refractivity contribution in [3.05, 3.63) is 28.8 Å². The molecule has 1 aliphatic carbocycles. The number of amides is 1. The first-order valence-electron chi connectivity index (χ1n) is 8.65. The Morgan fingerprint density at radius 1 is 1.44 bits per heavy atom. The SMILES string of the molecule is Cc1cc(OCC(=O)N2N=C3[C@H](C)CCC[C@H]3[C@@]2(O)C(F)(F)F)ccc1Cl. The van der Waals surface area contributed by atoms with E-state index in [9.17, 15) is 23.1 Å². The molecule has 2 aliphatic rings. The summed E-state index contributed by atoms with van der Waals surface area (Å²) in [5.41, 5.74) is -2.42. The van der Waals surface area contributed by atoms with Crippen molar-refractivity contribution in [2.75, 3.05) is 6.61 Å². The lowest BCUT2D eigenvalue weighted by atomic mass is 9.75. The average molecular weight is 405 g/mol. The number of aliphatic hydroxyl groups is 1. The summed E-state index contributed by atoms with van der Waals surface area (Å²) in [5, 5.41) is 15.1. The largest absolute Gasteiger partial charge is 0.484 e. The number of halogens is 4. The first-order chi connectivity index (χ1) is 12.6. The summed E-state index contributed by atoms with van der Waals surface area (Å²) >= 11 is 5.91. The predicted molar refractivity (Wildman–Crippen MR) is 93.5 cm³/mol. The molecule has 0 bridgehead atoms. The van der Waals surface area contributed by atoms with Crippen LogP contribution in [0.25, 0.3) is 0 Å². The molecule has 1 heterocycles. The van der Waals surface area contributed by atoms with Crippen LogP contribution in [-0.4, -0.2) is 40.2 Å². The predicted octanol–water partition coefficient (Wildman–Crippen LogP) is 3.91. The highest BCUT2D eigenvalue weighted by molar-refractivity contribution is 6.31. The van der Waals surface area contributed by atoms with Gasteiger partial charge in [-0.2, -0.15) is 23.3 Å². The van der Waals surface area contributed by atoms with Crippen LogP contribution in [0.3, 0.4) is 0 Å². The third kappa shape index (κ3) is 3.40. The zero-order valence-corrected chi connectivity index (χ0v) is 15.6. The van der Waals surface area contributed by atoms with Crippen LogP contribution in [0.5, 0.6) is 5.75 Å². The van der Waals surface area contributed by atoms with Crippen LogP contribution >= 0.6 is 11.6 Å². The second-order valence-corrected chi connectivity index (χ2v) is 7.45. The van der Waals surface area contributed by atoms with E-state index in [1.807, 2.05) is 0 Å². The smallest absolute Gasteiger partial charge is 0.439 e. The van der Waals surface area contributed by atoms with Crippen LogP contribution in [0.4, 0.5) is 13.2 Å². The molecule has 0 spiro atoms. The van der Waals surface area contributed by atoms with Gasteiger partial charge >= 0.3 is 6.18 Å². The molecule has 1 N–H and O–H groups in total. The molecule has 3 rings (SSSR count). The Balaban J connectivity index is 1.83. The Morgan fingerprint density at radius 3 is 2.78 bits per heavy atom. The molecule has 3 atom stereocenters. The van der Waals surface area contributed by atoms with E-state index in [1.54, 1.807) is 26.0 Å². The number of nitrogens with zero attached hydrogens (tertiary/aromatic N) is 2. The van der Waals surface area contributed by atoms with Gasteiger partial charge < -0.3 is 9.84 Å². The van der Waals surface area contributed by atoms with Crippen molar-refractivity contribution in [2.45, 2.75) is 45.0 Å². The summed E-state index contributed by atoms with van der Waals surface area (Å²) in [6.45, 7) is 2.80. The summed E-state index contributed by atoms with van der Waals surface area (Å²) < 4.78 is 46.5. The Labute approximate surface area is 159 Å². The fourth-order valence-electron chi connectivity index (χ4n) is 3.66. The Hall–Kier alpha value is -1.80. The molecular weight excluding hydrogens is 385 g/mol. The Bertz CT molecular complexity index is 784. The summed E-state index contributed by atoms with van der Waals surface area (Å²) in [7, 11) is 0. The molecule has 0 unspecified atom stereocenters. The molecule has 0 saturated heterocycles. The Morgan fingerprint density at radius 2 is 2.15 bits per heavy atom. The minimum absolute atomic E-state index is 0.125. The molecule has 27 heavy (non-hydrogen) atoms. The molecule has 1 aromatic rings. The number of carbonyl (C=O) groups excluding carboxylic acids is 1. The minimum atomic E-state index is -5.04. The van der Waals surface area contributed by atoms with E-state index in [-0.39, 0.29) is 23.1 Å². The van der Waals surface area contributed by atoms with Gasteiger partial charge in [0.2, 0.25) is 0 Å². The van der Waals surface area contributed by atoms with Gasteiger partial charge in [0.25, 0.3) is 11.6 Å². The second kappa shape index (κ2) is 6.98. The van der Waals surface area contributed by atoms with E-state index in [4.69, 9.17) is 16.3 Å². The number of alkyl halides is 3. The lowest BCUT2D eigenvalue weighted by Crippen LogP contribution is -2.62. The number of carbonyl (C=O) groups is 1. The van der Waals surface area contributed by atoms with E-state index in [1.165, 1.54) is 6.07 Å². The number of ether oxygens (including phenoxy) is 1. The minimum Gasteiger partial charge on any atom is -0.484 e. The van der Waals surface area contributed by atoms with Crippen molar-refractivity contribution in [3.63, 3.8) is 0 Å². The molecule has 0 aromatic heterocycles. The van der Waals surface area contributed by atoms with Crippen molar-refractivity contribution in [1.29, 1.82) is 0 Å². The molecule has 1 aromatic carbocycles. The van der Waals surface area contributed by atoms with Crippen molar-refractivity contribution < 1.29 is 27.8 Å². The topological polar surface area (TPSA) is 62.1 Å². The highest BCUT2D eigenvalue weighted by Crippen LogP contribution is 2.49. The molecule has 1 fully saturated rings. The first kappa shape index (κ1) is 19.9. The number of hydrogen-bond acceptors (Lipinski definition) is 4. The highest BCUT2D eigenvalue weighted by Gasteiger charge is 2.69. The van der Waals surface area contributed by atoms with Gasteiger partial charge in [-0.1, -0.05) is 24.9 Å². The van der Waals surface area contributed by atoms with Gasteiger partial charge in [-0.25, -0.2) is 0 Å². The van der Waals surface area contributed by atoms with Crippen LogP contribution in [0.2, 0.25) is 5.02 Å². The van der Waals surface area contributed by atoms with E-state index >= 15 is 0 Å². The number of aryl methyl sites for hydroxylation is 1. The molecule has 9 heteroatoms. The summed E-state index contributed by atoms with van der Waals surface area (Å²) in [6, 6.07) is 4.65. The van der Waals surface area contributed by atoms with Gasteiger partial charge in [0.1, 0.15) is 5.75 Å². The molecule has 1 amide bonds. The number of hydrogen-bond donors (Lipinski definition) is 1. The number of benzene rings is 1. The van der Waals surface area contributed by atoms with Crippen molar-refractivity contribution >= 4 is 23.2 Å². The Kier molecular flexibility index (Phi) is 5.16. The standard InChI is InChI=1S/C18H20ClF3N2O3/c1-10-4-3-5-13-16(10)23-24(17(13,26)18(20,21)22)15(25)9-27-12-6-7-14(19)11(2)8-12/h6-8,10,13,26H,3-5,9H2,1-2H3/t10-,13-,17-/m1/s1. The lowest BCUT2D eigenvalue weighted by Gasteiger charge is -2.38. The number of fused-ring (bicyclic) bond motifs is 1. The van der Waals surface area contributed by atoms with Crippen molar-refractivity contribution in [2.24, 2.45) is 16.9 Å². The maximum atomic E-state index is 13.7. The fraction of sp³-hybridized carbons (Fsp3) is 0.556. The molecular formula is C18H20ClF3N2O3. The molecule has 1 aliphatic heterocycles. The van der Waals surface area contributed by atoms with Crippen molar-refractivity contribution in [3.8, 4) is 5.75 Å². The second-order valence-electron chi connectivity index (χ2n) is 7.04. The molecule has 1 saturated carbocycles. The maximum Gasteiger partial charge on any atom is 0.439 e. The fourth-order valence-corrected chi connectivity index (χ4v) is 3.78. The maximum absolute atomic E-state index is 13.7. The average Bonchev–Trinajstić information content (AvgIpc) is 2.91. The van der Waals surface area contributed by atoms with Gasteiger partial charge in [-0.15, -0.1) is 0 Å². The van der Waals surface area contributed by atoms with E-state index in [2.05, 4.69) is 5.10 Å². The van der Waals surface area contributed by atoms with E-state index in [0.29, 0.717) is 29.2 Å². The van der Waals surface area contributed by atoms with Crippen LogP contribution in [-0.2, 0) is 4.79 Å². The third-order valence-electron chi connectivity index (χ3n) is 5.16. The van der Waals surface area contributed by atoms with Crippen LogP contribution in [0, 0.1) is 18.8 Å². The van der Waals surface area contributed by atoms with Crippen LogP contribution in [0.1, 0.15) is 31.7 Å². The molecule has 5 nitrogen and oxygen atoms in total. The summed E-state index contributed by atoms with van der Waals surface area (Å²) in [6.07, 6.45) is -3.70. The number of rotatable bonds is 3. The van der Waals surface area contributed by atoms with Gasteiger partial charge in [-0.3, -0.25) is 4.79 Å². The lowest BCUT2D eigenvalue weighted by molar-refractivity contribution is -0.317. The van der Waals surface area contributed by atoms with E-state index in [0.717, 1.165) is 0 Å². The zero-order valence-electron chi connectivity index (χ0n) is 14.9. The first-order valence-corrected chi connectivity index (χ1v) is 9.03. The molecule has 148 valence electrons. The van der Waals surface area contributed by atoms with Crippen LogP contribution in [0.15, 0.2) is 23.3 Å². The van der Waals surface area contributed by atoms with Crippen LogP contribution < -0.4 is 4.74 Å². The quantitative estimate of drug-likeness (QED) is 0.830. The number of hydrazone groups is 1. The third-order valence-corrected chi connectivity index (χ3v) is 5.59. The van der Waals surface area contributed by atoms with Crippen molar-refractivity contribution in [1.82, 2.24) is 5.01 Å². The summed E-state index contributed by atoms with van der Waals surface area (Å²) in [5.74, 6) is -2.24. The molecule has 0 radical (unpaired) electrons. The zero-order chi connectivity index (χ0) is 20.0. The van der Waals surface area contributed by atoms with Gasteiger partial charge in [0, 0.05) is 10.7 Å².